The molecule has 3 rings (SSSR count). The molecule has 0 unspecified atom stereocenters. The fourth-order valence-electron chi connectivity index (χ4n) is 3.07. The molecule has 0 atom stereocenters. The van der Waals surface area contributed by atoms with E-state index in [0.29, 0.717) is 17.0 Å². The van der Waals surface area contributed by atoms with E-state index in [1.807, 2.05) is 30.3 Å². The van der Waals surface area contributed by atoms with Crippen molar-refractivity contribution < 1.29 is 14.3 Å². The molecule has 0 radical (unpaired) electrons. The molecule has 1 heterocycles. The third kappa shape index (κ3) is 4.06. The summed E-state index contributed by atoms with van der Waals surface area (Å²) < 4.78 is 12.5. The number of nitrogens with zero attached hydrogens (tertiary/aromatic N) is 3. The van der Waals surface area contributed by atoms with E-state index in [-0.39, 0.29) is 19.3 Å². The Balaban J connectivity index is 1.68. The Morgan fingerprint density at radius 3 is 2.72 bits per heavy atom. The van der Waals surface area contributed by atoms with Crippen LogP contribution in [-0.4, -0.2) is 28.5 Å². The molecular weight excluding hydrogens is 318 g/mol. The first-order valence-electron chi connectivity index (χ1n) is 8.50. The maximum Gasteiger partial charge on any atom is 0.332 e. The first-order chi connectivity index (χ1) is 12.2. The van der Waals surface area contributed by atoms with Gasteiger partial charge in [0, 0.05) is 0 Å². The van der Waals surface area contributed by atoms with Gasteiger partial charge in [0.15, 0.2) is 0 Å². The van der Waals surface area contributed by atoms with Crippen molar-refractivity contribution in [2.75, 3.05) is 6.61 Å². The summed E-state index contributed by atoms with van der Waals surface area (Å²) in [6.45, 7) is 1.71. The van der Waals surface area contributed by atoms with Crippen LogP contribution in [0.15, 0.2) is 30.3 Å². The monoisotopic (exact) mass is 339 g/mol. The number of aryl methyl sites for hydroxylation is 1. The number of carbonyl (C=O) groups excluding carboxylic acids is 1. The molecule has 1 aromatic heterocycles. The molecule has 6 heteroatoms. The minimum Gasteiger partial charge on any atom is -0.457 e. The van der Waals surface area contributed by atoms with Crippen molar-refractivity contribution in [3.8, 4) is 11.8 Å². The molecule has 1 aromatic carbocycles. The van der Waals surface area contributed by atoms with Crippen molar-refractivity contribution in [3.63, 3.8) is 0 Å². The van der Waals surface area contributed by atoms with Gasteiger partial charge in [-0.05, 0) is 31.9 Å². The first-order valence-corrected chi connectivity index (χ1v) is 8.50. The molecule has 1 saturated carbocycles. The predicted molar refractivity (Wildman–Crippen MR) is 91.0 cm³/mol. The molecule has 1 aliphatic rings. The fourth-order valence-corrected chi connectivity index (χ4v) is 3.07. The number of hydrogen-bond donors (Lipinski definition) is 0. The zero-order valence-electron chi connectivity index (χ0n) is 14.3. The SMILES string of the molecule is Cc1nn(-c2ccccc2)c(COC(=O)COC2CCCC2)c1C#N. The highest BCUT2D eigenvalue weighted by Crippen LogP contribution is 2.21. The molecule has 25 heavy (non-hydrogen) atoms. The summed E-state index contributed by atoms with van der Waals surface area (Å²) in [5.41, 5.74) is 2.44. The average Bonchev–Trinajstić information content (AvgIpc) is 3.26. The molecule has 0 aliphatic heterocycles. The predicted octanol–water partition coefficient (Wildman–Crippen LogP) is 3.05. The lowest BCUT2D eigenvalue weighted by atomic mass is 10.2. The zero-order valence-corrected chi connectivity index (χ0v) is 14.3. The lowest BCUT2D eigenvalue weighted by Crippen LogP contribution is -2.18. The third-order valence-electron chi connectivity index (χ3n) is 4.38. The summed E-state index contributed by atoms with van der Waals surface area (Å²) in [4.78, 5) is 12.0. The Morgan fingerprint density at radius 1 is 1.32 bits per heavy atom. The van der Waals surface area contributed by atoms with Gasteiger partial charge in [0.05, 0.1) is 23.2 Å². The highest BCUT2D eigenvalue weighted by atomic mass is 16.6. The van der Waals surface area contributed by atoms with Crippen LogP contribution < -0.4 is 0 Å². The van der Waals surface area contributed by atoms with E-state index >= 15 is 0 Å². The van der Waals surface area contributed by atoms with Crippen LogP contribution in [0.2, 0.25) is 0 Å². The van der Waals surface area contributed by atoms with Crippen LogP contribution in [0.3, 0.4) is 0 Å². The minimum atomic E-state index is -0.422. The fraction of sp³-hybridized carbons (Fsp3) is 0.421. The molecule has 2 aromatic rings. The van der Waals surface area contributed by atoms with Crippen LogP contribution in [-0.2, 0) is 20.9 Å². The lowest BCUT2D eigenvalue weighted by molar-refractivity contribution is -0.152. The van der Waals surface area contributed by atoms with Gasteiger partial charge in [0.25, 0.3) is 0 Å². The molecule has 0 bridgehead atoms. The van der Waals surface area contributed by atoms with Crippen molar-refractivity contribution in [2.24, 2.45) is 0 Å². The van der Waals surface area contributed by atoms with E-state index in [0.717, 1.165) is 31.4 Å². The molecule has 130 valence electrons. The van der Waals surface area contributed by atoms with Gasteiger partial charge in [-0.3, -0.25) is 0 Å². The quantitative estimate of drug-likeness (QED) is 0.756. The molecule has 0 spiro atoms. The van der Waals surface area contributed by atoms with Crippen molar-refractivity contribution in [1.82, 2.24) is 9.78 Å². The average molecular weight is 339 g/mol. The zero-order chi connectivity index (χ0) is 17.6. The Labute approximate surface area is 147 Å². The number of benzene rings is 1. The van der Waals surface area contributed by atoms with Gasteiger partial charge >= 0.3 is 5.97 Å². The summed E-state index contributed by atoms with van der Waals surface area (Å²) >= 11 is 0. The van der Waals surface area contributed by atoms with Gasteiger partial charge in [0.2, 0.25) is 0 Å². The summed E-state index contributed by atoms with van der Waals surface area (Å²) in [7, 11) is 0. The first kappa shape index (κ1) is 17.2. The highest BCUT2D eigenvalue weighted by Gasteiger charge is 2.20. The number of ether oxygens (including phenoxy) is 2. The Bertz CT molecular complexity index is 771. The second kappa shape index (κ2) is 7.95. The van der Waals surface area contributed by atoms with E-state index in [4.69, 9.17) is 9.47 Å². The van der Waals surface area contributed by atoms with Gasteiger partial charge in [-0.1, -0.05) is 31.0 Å². The molecule has 1 aliphatic carbocycles. The van der Waals surface area contributed by atoms with Crippen LogP contribution >= 0.6 is 0 Å². The number of rotatable bonds is 6. The molecule has 0 amide bonds. The Morgan fingerprint density at radius 2 is 2.04 bits per heavy atom. The molecule has 6 nitrogen and oxygen atoms in total. The topological polar surface area (TPSA) is 77.1 Å². The van der Waals surface area contributed by atoms with E-state index in [1.165, 1.54) is 0 Å². The van der Waals surface area contributed by atoms with Crippen molar-refractivity contribution in [2.45, 2.75) is 45.3 Å². The number of nitriles is 1. The summed E-state index contributed by atoms with van der Waals surface area (Å²) in [5.74, 6) is -0.422. The standard InChI is InChI=1S/C19H21N3O3/c1-14-17(11-20)18(22(21-14)15-7-3-2-4-8-15)12-25-19(23)13-24-16-9-5-6-10-16/h2-4,7-8,16H,5-6,9-10,12-13H2,1H3. The molecule has 0 N–H and O–H groups in total. The summed E-state index contributed by atoms with van der Waals surface area (Å²) in [6, 6.07) is 11.6. The number of aromatic nitrogens is 2. The minimum absolute atomic E-state index is 0.00844. The van der Waals surface area contributed by atoms with Crippen LogP contribution in [0, 0.1) is 18.3 Å². The van der Waals surface area contributed by atoms with Crippen LogP contribution in [0.25, 0.3) is 5.69 Å². The second-order valence-electron chi connectivity index (χ2n) is 6.14. The molecule has 0 saturated heterocycles. The number of carbonyl (C=O) groups is 1. The largest absolute Gasteiger partial charge is 0.457 e. The van der Waals surface area contributed by atoms with E-state index in [1.54, 1.807) is 11.6 Å². The van der Waals surface area contributed by atoms with E-state index in [2.05, 4.69) is 11.2 Å². The Hall–Kier alpha value is -2.65. The second-order valence-corrected chi connectivity index (χ2v) is 6.14. The summed E-state index contributed by atoms with van der Waals surface area (Å²) in [5, 5.41) is 13.8. The van der Waals surface area contributed by atoms with Gasteiger partial charge in [-0.25, -0.2) is 9.48 Å². The highest BCUT2D eigenvalue weighted by molar-refractivity contribution is 5.70. The maximum atomic E-state index is 12.0. The normalized spacial score (nSPS) is 14.4. The van der Waals surface area contributed by atoms with Crippen molar-refractivity contribution in [1.29, 1.82) is 5.26 Å². The maximum absolute atomic E-state index is 12.0. The number of para-hydroxylation sites is 1. The van der Waals surface area contributed by atoms with Crippen LogP contribution in [0.5, 0.6) is 0 Å². The van der Waals surface area contributed by atoms with Crippen molar-refractivity contribution in [3.05, 3.63) is 47.3 Å². The lowest BCUT2D eigenvalue weighted by Gasteiger charge is -2.11. The van der Waals surface area contributed by atoms with Gasteiger partial charge in [-0.2, -0.15) is 10.4 Å². The molecule has 1 fully saturated rings. The number of esters is 1. The Kier molecular flexibility index (Phi) is 5.46. The van der Waals surface area contributed by atoms with Gasteiger partial charge in [0.1, 0.15) is 24.8 Å². The van der Waals surface area contributed by atoms with Crippen LogP contribution in [0.4, 0.5) is 0 Å². The van der Waals surface area contributed by atoms with E-state index in [9.17, 15) is 10.1 Å². The van der Waals surface area contributed by atoms with Crippen LogP contribution in [0.1, 0.15) is 42.6 Å². The van der Waals surface area contributed by atoms with E-state index < -0.39 is 5.97 Å². The number of hydrogen-bond acceptors (Lipinski definition) is 5. The smallest absolute Gasteiger partial charge is 0.332 e. The molecular formula is C19H21N3O3. The van der Waals surface area contributed by atoms with Crippen molar-refractivity contribution >= 4 is 5.97 Å². The van der Waals surface area contributed by atoms with Gasteiger partial charge in [-0.15, -0.1) is 0 Å². The van der Waals surface area contributed by atoms with Gasteiger partial charge < -0.3 is 9.47 Å². The summed E-state index contributed by atoms with van der Waals surface area (Å²) in [6.07, 6.45) is 4.48. The third-order valence-corrected chi connectivity index (χ3v) is 4.38.